The molecule has 2 rings (SSSR count). The first kappa shape index (κ1) is 12.6. The van der Waals surface area contributed by atoms with Crippen molar-refractivity contribution in [3.8, 4) is 0 Å². The van der Waals surface area contributed by atoms with Crippen LogP contribution in [0.5, 0.6) is 0 Å². The van der Waals surface area contributed by atoms with E-state index < -0.39 is 0 Å². The minimum Gasteiger partial charge on any atom is -0.461 e. The second kappa shape index (κ2) is 5.67. The van der Waals surface area contributed by atoms with Gasteiger partial charge in [-0.05, 0) is 19.4 Å². The minimum absolute atomic E-state index is 0.149. The highest BCUT2D eigenvalue weighted by molar-refractivity contribution is 6.36. The van der Waals surface area contributed by atoms with E-state index in [1.807, 2.05) is 30.1 Å². The van der Waals surface area contributed by atoms with Gasteiger partial charge >= 0.3 is 5.97 Å². The van der Waals surface area contributed by atoms with Crippen LogP contribution in [0, 0.1) is 0 Å². The first-order valence-electron chi connectivity index (χ1n) is 6.32. The van der Waals surface area contributed by atoms with Crippen molar-refractivity contribution in [1.29, 1.82) is 0 Å². The number of benzene rings is 1. The maximum Gasteiger partial charge on any atom is 0.354 e. The third-order valence-corrected chi connectivity index (χ3v) is 3.02. The van der Waals surface area contributed by atoms with Crippen LogP contribution in [0.15, 0.2) is 35.4 Å². The van der Waals surface area contributed by atoms with Gasteiger partial charge in [-0.15, -0.1) is 0 Å². The molecule has 0 saturated carbocycles. The molecule has 0 amide bonds. The van der Waals surface area contributed by atoms with E-state index in [0.29, 0.717) is 18.7 Å². The Morgan fingerprint density at radius 1 is 1.39 bits per heavy atom. The predicted octanol–water partition coefficient (Wildman–Crippen LogP) is 2.37. The normalized spacial score (nSPS) is 18.7. The van der Waals surface area contributed by atoms with E-state index in [4.69, 9.17) is 4.74 Å². The number of carbonyl (C=O) groups is 1. The average molecular weight is 246 g/mol. The molecule has 0 aliphatic carbocycles. The molecule has 0 saturated heterocycles. The zero-order valence-electron chi connectivity index (χ0n) is 10.8. The Kier molecular flexibility index (Phi) is 3.97. The molecule has 0 aromatic heterocycles. The standard InChI is InChI=1S/C14H18N2O2/c1-3-16-13(11-8-6-5-7-9-11)10-12(15-16)14(17)18-4-2/h5-9,13H,3-4,10H2,1-2H3/t13-/m1/s1. The fraction of sp³-hybridized carbons (Fsp3) is 0.429. The third kappa shape index (κ3) is 2.53. The van der Waals surface area contributed by atoms with Gasteiger partial charge in [0, 0.05) is 13.0 Å². The Bertz CT molecular complexity index is 442. The van der Waals surface area contributed by atoms with E-state index >= 15 is 0 Å². The van der Waals surface area contributed by atoms with Gasteiger partial charge in [0.05, 0.1) is 12.6 Å². The number of nitrogens with zero attached hydrogens (tertiary/aromatic N) is 2. The van der Waals surface area contributed by atoms with Gasteiger partial charge in [0.1, 0.15) is 5.71 Å². The van der Waals surface area contributed by atoms with Crippen LogP contribution in [0.1, 0.15) is 31.9 Å². The molecular weight excluding hydrogens is 228 g/mol. The van der Waals surface area contributed by atoms with E-state index in [0.717, 1.165) is 6.54 Å². The molecule has 0 N–H and O–H groups in total. The maximum absolute atomic E-state index is 11.7. The second-order valence-electron chi connectivity index (χ2n) is 4.15. The first-order valence-corrected chi connectivity index (χ1v) is 6.32. The predicted molar refractivity (Wildman–Crippen MR) is 70.2 cm³/mol. The van der Waals surface area contributed by atoms with Crippen molar-refractivity contribution in [1.82, 2.24) is 5.01 Å². The lowest BCUT2D eigenvalue weighted by Crippen LogP contribution is -2.19. The van der Waals surface area contributed by atoms with Gasteiger partial charge in [-0.1, -0.05) is 30.3 Å². The lowest BCUT2D eigenvalue weighted by molar-refractivity contribution is -0.135. The van der Waals surface area contributed by atoms with Crippen molar-refractivity contribution in [2.45, 2.75) is 26.3 Å². The molecule has 0 radical (unpaired) electrons. The van der Waals surface area contributed by atoms with E-state index in [9.17, 15) is 4.79 Å². The molecule has 96 valence electrons. The summed E-state index contributed by atoms with van der Waals surface area (Å²) >= 11 is 0. The molecule has 0 fully saturated rings. The number of ether oxygens (including phenoxy) is 1. The van der Waals surface area contributed by atoms with Gasteiger partial charge in [0.25, 0.3) is 0 Å². The zero-order chi connectivity index (χ0) is 13.0. The monoisotopic (exact) mass is 246 g/mol. The molecule has 1 heterocycles. The minimum atomic E-state index is -0.297. The quantitative estimate of drug-likeness (QED) is 0.766. The van der Waals surface area contributed by atoms with E-state index in [-0.39, 0.29) is 12.0 Å². The molecule has 0 bridgehead atoms. The van der Waals surface area contributed by atoms with Crippen molar-refractivity contribution >= 4 is 11.7 Å². The van der Waals surface area contributed by atoms with Crippen molar-refractivity contribution in [2.75, 3.05) is 13.2 Å². The van der Waals surface area contributed by atoms with Crippen LogP contribution in [-0.4, -0.2) is 29.8 Å². The SMILES string of the molecule is CCOC(=O)C1=NN(CC)[C@@H](c2ccccc2)C1. The molecule has 1 aromatic carbocycles. The third-order valence-electron chi connectivity index (χ3n) is 3.02. The van der Waals surface area contributed by atoms with Crippen molar-refractivity contribution in [3.05, 3.63) is 35.9 Å². The number of hydrogen-bond acceptors (Lipinski definition) is 4. The molecule has 0 spiro atoms. The van der Waals surface area contributed by atoms with Crippen molar-refractivity contribution in [3.63, 3.8) is 0 Å². The van der Waals surface area contributed by atoms with Gasteiger partial charge < -0.3 is 4.74 Å². The van der Waals surface area contributed by atoms with Crippen molar-refractivity contribution < 1.29 is 9.53 Å². The van der Waals surface area contributed by atoms with E-state index in [1.165, 1.54) is 5.56 Å². The molecule has 1 aliphatic rings. The summed E-state index contributed by atoms with van der Waals surface area (Å²) in [6.45, 7) is 5.01. The number of carbonyl (C=O) groups excluding carboxylic acids is 1. The Morgan fingerprint density at radius 2 is 2.11 bits per heavy atom. The second-order valence-corrected chi connectivity index (χ2v) is 4.15. The molecule has 4 heteroatoms. The summed E-state index contributed by atoms with van der Waals surface area (Å²) in [4.78, 5) is 11.7. The molecule has 1 atom stereocenters. The summed E-state index contributed by atoms with van der Waals surface area (Å²) in [7, 11) is 0. The van der Waals surface area contributed by atoms with Gasteiger partial charge in [-0.2, -0.15) is 5.10 Å². The number of rotatable bonds is 4. The fourth-order valence-corrected chi connectivity index (χ4v) is 2.15. The molecule has 18 heavy (non-hydrogen) atoms. The number of esters is 1. The first-order chi connectivity index (χ1) is 8.76. The fourth-order valence-electron chi connectivity index (χ4n) is 2.15. The highest BCUT2D eigenvalue weighted by Crippen LogP contribution is 2.30. The molecule has 4 nitrogen and oxygen atoms in total. The number of hydrazone groups is 1. The summed E-state index contributed by atoms with van der Waals surface area (Å²) in [6.07, 6.45) is 0.622. The summed E-state index contributed by atoms with van der Waals surface area (Å²) in [5.41, 5.74) is 1.70. The summed E-state index contributed by atoms with van der Waals surface area (Å²) in [5, 5.41) is 6.30. The topological polar surface area (TPSA) is 41.9 Å². The maximum atomic E-state index is 11.7. The average Bonchev–Trinajstić information content (AvgIpc) is 2.84. The summed E-state index contributed by atoms with van der Waals surface area (Å²) < 4.78 is 5.01. The van der Waals surface area contributed by atoms with Gasteiger partial charge in [0.15, 0.2) is 0 Å². The number of hydrogen-bond donors (Lipinski definition) is 0. The molecule has 1 aromatic rings. The zero-order valence-corrected chi connectivity index (χ0v) is 10.8. The smallest absolute Gasteiger partial charge is 0.354 e. The highest BCUT2D eigenvalue weighted by Gasteiger charge is 2.30. The van der Waals surface area contributed by atoms with Crippen LogP contribution in [-0.2, 0) is 9.53 Å². The molecular formula is C14H18N2O2. The van der Waals surface area contributed by atoms with Crippen LogP contribution in [0.4, 0.5) is 0 Å². The highest BCUT2D eigenvalue weighted by atomic mass is 16.5. The van der Waals surface area contributed by atoms with Gasteiger partial charge in [-0.25, -0.2) is 4.79 Å². The van der Waals surface area contributed by atoms with Crippen LogP contribution in [0.25, 0.3) is 0 Å². The van der Waals surface area contributed by atoms with Crippen LogP contribution in [0.3, 0.4) is 0 Å². The molecule has 0 unspecified atom stereocenters. The molecule has 1 aliphatic heterocycles. The van der Waals surface area contributed by atoms with Crippen LogP contribution < -0.4 is 0 Å². The van der Waals surface area contributed by atoms with Gasteiger partial charge in [0.2, 0.25) is 0 Å². The van der Waals surface area contributed by atoms with Gasteiger partial charge in [-0.3, -0.25) is 5.01 Å². The largest absolute Gasteiger partial charge is 0.461 e. The summed E-state index contributed by atoms with van der Waals surface area (Å²) in [5.74, 6) is -0.297. The van der Waals surface area contributed by atoms with E-state index in [1.54, 1.807) is 6.92 Å². The lowest BCUT2D eigenvalue weighted by atomic mass is 10.0. The Labute approximate surface area is 107 Å². The summed E-state index contributed by atoms with van der Waals surface area (Å²) in [6, 6.07) is 10.3. The Morgan fingerprint density at radius 3 is 2.72 bits per heavy atom. The van der Waals surface area contributed by atoms with Crippen LogP contribution in [0.2, 0.25) is 0 Å². The Hall–Kier alpha value is -1.84. The van der Waals surface area contributed by atoms with E-state index in [2.05, 4.69) is 17.2 Å². The lowest BCUT2D eigenvalue weighted by Gasteiger charge is -2.21. The Balaban J connectivity index is 2.15. The van der Waals surface area contributed by atoms with Crippen molar-refractivity contribution in [2.24, 2.45) is 5.10 Å². The van der Waals surface area contributed by atoms with Crippen LogP contribution >= 0.6 is 0 Å².